The van der Waals surface area contributed by atoms with Gasteiger partial charge in [-0.15, -0.1) is 0 Å². The molecule has 0 amide bonds. The molecule has 1 aromatic heterocycles. The number of anilines is 1. The molecule has 0 saturated carbocycles. The van der Waals surface area contributed by atoms with Gasteiger partial charge in [0.05, 0.1) is 0 Å². The van der Waals surface area contributed by atoms with Gasteiger partial charge in [-0.25, -0.2) is 0 Å². The molecule has 0 unspecified atom stereocenters. The number of nitrogens with zero attached hydrogens (tertiary/aromatic N) is 2. The van der Waals surface area contributed by atoms with E-state index in [1.165, 1.54) is 5.69 Å². The Bertz CT molecular complexity index is 283. The average molecular weight is 449 g/mol. The maximum Gasteiger partial charge on any atom is 3.00 e. The van der Waals surface area contributed by atoms with Crippen molar-refractivity contribution >= 4 is 25.1 Å². The van der Waals surface area contributed by atoms with Crippen LogP contribution in [0.4, 0.5) is 5.69 Å². The van der Waals surface area contributed by atoms with Crippen LogP contribution in [0.2, 0.25) is 0 Å². The van der Waals surface area contributed by atoms with Crippen LogP contribution in [-0.2, 0) is 34.5 Å². The summed E-state index contributed by atoms with van der Waals surface area (Å²) in [5, 5.41) is 24.8. The number of aromatic nitrogens is 1. The Hall–Kier alpha value is -1.99. The van der Waals surface area contributed by atoms with Crippen molar-refractivity contribution in [2.24, 2.45) is 0 Å². The SMILES string of the molecule is CN(C)c1ccncc1.O=C[O-].O=C[O-].O=C[O-].[Ir+3]. The standard InChI is InChI=1S/C7H10N2.3CH2O2.Ir/c1-9(2)7-3-5-8-6-4-7;3*2-1-3;/h3-6H,1-2H3;3*1H,(H,2,3);/q;;;;+3/p-3. The summed E-state index contributed by atoms with van der Waals surface area (Å²) in [7, 11) is 4.02. The molecule has 1 rings (SSSR count). The predicted octanol–water partition coefficient (Wildman–Crippen LogP) is -3.76. The van der Waals surface area contributed by atoms with Gasteiger partial charge in [0, 0.05) is 51.6 Å². The van der Waals surface area contributed by atoms with Crippen LogP contribution < -0.4 is 20.2 Å². The molecular formula is C10H13IrN2O6. The third-order valence-corrected chi connectivity index (χ3v) is 1.18. The minimum Gasteiger partial charge on any atom is -0.554 e. The van der Waals surface area contributed by atoms with Crippen LogP contribution in [0.5, 0.6) is 0 Å². The number of carboxylic acid groups (broad SMARTS) is 3. The van der Waals surface area contributed by atoms with Gasteiger partial charge >= 0.3 is 20.1 Å². The molecule has 1 heterocycles. The molecule has 108 valence electrons. The van der Waals surface area contributed by atoms with Crippen molar-refractivity contribution < 1.29 is 49.8 Å². The van der Waals surface area contributed by atoms with Crippen molar-refractivity contribution in [3.8, 4) is 0 Å². The molecule has 0 atom stereocenters. The minimum absolute atomic E-state index is 0. The topological polar surface area (TPSA) is 137 Å². The fraction of sp³-hybridized carbons (Fsp3) is 0.200. The fourth-order valence-electron chi connectivity index (χ4n) is 0.642. The zero-order valence-corrected chi connectivity index (χ0v) is 12.6. The second-order valence-corrected chi connectivity index (χ2v) is 2.39. The molecule has 9 heteroatoms. The third kappa shape index (κ3) is 31.4. The first-order valence-electron chi connectivity index (χ1n) is 4.29. The molecule has 0 aromatic carbocycles. The van der Waals surface area contributed by atoms with Gasteiger partial charge in [0.25, 0.3) is 0 Å². The van der Waals surface area contributed by atoms with E-state index >= 15 is 0 Å². The largest absolute Gasteiger partial charge is 3.00 e. The Balaban J connectivity index is -0.0000000956. The number of carbonyl (C=O) groups excluding carboxylic acids is 3. The zero-order chi connectivity index (χ0) is 14.8. The van der Waals surface area contributed by atoms with Crippen molar-refractivity contribution in [1.29, 1.82) is 0 Å². The van der Waals surface area contributed by atoms with Gasteiger partial charge in [0.1, 0.15) is 0 Å². The van der Waals surface area contributed by atoms with E-state index in [4.69, 9.17) is 29.7 Å². The molecule has 19 heavy (non-hydrogen) atoms. The quantitative estimate of drug-likeness (QED) is 0.399. The first kappa shape index (κ1) is 25.8. The van der Waals surface area contributed by atoms with Gasteiger partial charge in [-0.05, 0) is 12.1 Å². The maximum atomic E-state index is 8.25. The van der Waals surface area contributed by atoms with Crippen LogP contribution in [0.25, 0.3) is 0 Å². The van der Waals surface area contributed by atoms with Crippen LogP contribution in [0.15, 0.2) is 24.5 Å². The fourth-order valence-corrected chi connectivity index (χ4v) is 0.642. The first-order chi connectivity index (χ1) is 8.55. The van der Waals surface area contributed by atoms with Crippen LogP contribution in [0.1, 0.15) is 0 Å². The summed E-state index contributed by atoms with van der Waals surface area (Å²) in [6, 6.07) is 3.94. The number of hydrogen-bond donors (Lipinski definition) is 0. The molecule has 1 aromatic rings. The van der Waals surface area contributed by atoms with Crippen LogP contribution in [0.3, 0.4) is 0 Å². The second kappa shape index (κ2) is 25.0. The van der Waals surface area contributed by atoms with Gasteiger partial charge in [-0.2, -0.15) is 0 Å². The Morgan fingerprint density at radius 1 is 0.947 bits per heavy atom. The molecular weight excluding hydrogens is 436 g/mol. The summed E-state index contributed by atoms with van der Waals surface area (Å²) in [5.41, 5.74) is 1.19. The van der Waals surface area contributed by atoms with E-state index in [1.807, 2.05) is 31.1 Å². The Morgan fingerprint density at radius 3 is 1.37 bits per heavy atom. The van der Waals surface area contributed by atoms with Crippen molar-refractivity contribution in [2.75, 3.05) is 19.0 Å². The van der Waals surface area contributed by atoms with E-state index in [0.29, 0.717) is 0 Å². The zero-order valence-electron chi connectivity index (χ0n) is 10.2. The maximum absolute atomic E-state index is 8.25. The molecule has 0 radical (unpaired) electrons. The van der Waals surface area contributed by atoms with E-state index in [0.717, 1.165) is 0 Å². The van der Waals surface area contributed by atoms with E-state index < -0.39 is 19.4 Å². The predicted molar refractivity (Wildman–Crippen MR) is 56.8 cm³/mol. The summed E-state index contributed by atoms with van der Waals surface area (Å²) in [6.07, 6.45) is 3.57. The minimum atomic E-state index is -0.500. The van der Waals surface area contributed by atoms with E-state index in [2.05, 4.69) is 4.98 Å². The van der Waals surface area contributed by atoms with E-state index in [-0.39, 0.29) is 20.1 Å². The van der Waals surface area contributed by atoms with Crippen molar-refractivity contribution in [2.45, 2.75) is 0 Å². The average Bonchev–Trinajstić information content (AvgIpc) is 2.33. The first-order valence-corrected chi connectivity index (χ1v) is 4.29. The molecule has 0 aliphatic carbocycles. The summed E-state index contributed by atoms with van der Waals surface area (Å²) < 4.78 is 0. The molecule has 8 nitrogen and oxygen atoms in total. The monoisotopic (exact) mass is 450 g/mol. The summed E-state index contributed by atoms with van der Waals surface area (Å²) in [4.78, 5) is 30.7. The summed E-state index contributed by atoms with van der Waals surface area (Å²) >= 11 is 0. The Kier molecular flexibility index (Phi) is 33.9. The number of rotatable bonds is 1. The number of hydrogen-bond acceptors (Lipinski definition) is 8. The second-order valence-electron chi connectivity index (χ2n) is 2.39. The van der Waals surface area contributed by atoms with Crippen molar-refractivity contribution in [1.82, 2.24) is 4.98 Å². The summed E-state index contributed by atoms with van der Waals surface area (Å²) in [6.45, 7) is -1.50. The van der Waals surface area contributed by atoms with Crippen LogP contribution in [0, 0.1) is 0 Å². The van der Waals surface area contributed by atoms with Gasteiger partial charge in [-0.3, -0.25) is 4.98 Å². The van der Waals surface area contributed by atoms with E-state index in [9.17, 15) is 0 Å². The van der Waals surface area contributed by atoms with Gasteiger partial charge in [-0.1, -0.05) is 0 Å². The molecule has 0 aliphatic heterocycles. The molecule has 0 fully saturated rings. The smallest absolute Gasteiger partial charge is 0.554 e. The van der Waals surface area contributed by atoms with Gasteiger partial charge in [0.15, 0.2) is 0 Å². The van der Waals surface area contributed by atoms with Gasteiger partial charge in [0.2, 0.25) is 0 Å². The molecule has 0 saturated heterocycles. The van der Waals surface area contributed by atoms with E-state index in [1.54, 1.807) is 12.4 Å². The van der Waals surface area contributed by atoms with Crippen molar-refractivity contribution in [3.63, 3.8) is 0 Å². The Labute approximate surface area is 124 Å². The number of pyridine rings is 1. The number of carbonyl (C=O) groups is 3. The molecule has 0 spiro atoms. The van der Waals surface area contributed by atoms with Crippen LogP contribution >= 0.6 is 0 Å². The summed E-state index contributed by atoms with van der Waals surface area (Å²) in [5.74, 6) is 0. The van der Waals surface area contributed by atoms with Crippen LogP contribution in [-0.4, -0.2) is 38.5 Å². The third-order valence-electron chi connectivity index (χ3n) is 1.18. The normalized spacial score (nSPS) is 6.21. The van der Waals surface area contributed by atoms with Gasteiger partial charge < -0.3 is 34.6 Å². The Morgan fingerprint density at radius 2 is 1.21 bits per heavy atom. The molecule has 0 bridgehead atoms. The van der Waals surface area contributed by atoms with Crippen molar-refractivity contribution in [3.05, 3.63) is 24.5 Å². The molecule has 0 N–H and O–H groups in total. The molecule has 0 aliphatic rings.